The summed E-state index contributed by atoms with van der Waals surface area (Å²) in [6.07, 6.45) is 3.10. The lowest BCUT2D eigenvalue weighted by Gasteiger charge is -2.38. The predicted octanol–water partition coefficient (Wildman–Crippen LogP) is 3.33. The zero-order chi connectivity index (χ0) is 28.8. The molecule has 212 valence electrons. The van der Waals surface area contributed by atoms with Crippen LogP contribution < -0.4 is 24.8 Å². The molecular weight excluding hydrogens is 529 g/mol. The van der Waals surface area contributed by atoms with Crippen LogP contribution in [0.1, 0.15) is 27.9 Å². The van der Waals surface area contributed by atoms with Gasteiger partial charge in [-0.05, 0) is 47.5 Å². The first-order valence-corrected chi connectivity index (χ1v) is 13.2. The fourth-order valence-electron chi connectivity index (χ4n) is 4.79. The zero-order valence-corrected chi connectivity index (χ0v) is 22.5. The number of carbonyl (C=O) groups is 3. The summed E-state index contributed by atoms with van der Waals surface area (Å²) in [5, 5.41) is 5.68. The van der Waals surface area contributed by atoms with E-state index in [2.05, 4.69) is 10.6 Å². The van der Waals surface area contributed by atoms with Crippen LogP contribution in [0.25, 0.3) is 6.08 Å². The van der Waals surface area contributed by atoms with Crippen LogP contribution in [0.5, 0.6) is 17.2 Å². The maximum absolute atomic E-state index is 14.5. The molecule has 2 N–H and O–H groups in total. The number of likely N-dealkylation sites (tertiary alicyclic amines) is 1. The molecule has 5 rings (SSSR count). The van der Waals surface area contributed by atoms with Gasteiger partial charge in [-0.3, -0.25) is 14.4 Å². The number of fused-ring (bicyclic) bond motifs is 5. The van der Waals surface area contributed by atoms with Gasteiger partial charge in [0.1, 0.15) is 17.7 Å². The number of ether oxygens (including phenoxy) is 3. The van der Waals surface area contributed by atoms with Gasteiger partial charge in [-0.2, -0.15) is 0 Å². The number of benzene rings is 3. The van der Waals surface area contributed by atoms with Crippen molar-refractivity contribution in [1.82, 2.24) is 15.5 Å². The van der Waals surface area contributed by atoms with Gasteiger partial charge in [0, 0.05) is 43.8 Å². The minimum atomic E-state index is -0.601. The molecule has 0 aliphatic carbocycles. The average Bonchev–Trinajstić information content (AvgIpc) is 2.98. The summed E-state index contributed by atoms with van der Waals surface area (Å²) in [7, 11) is 1.46. The Hall–Kier alpha value is -4.86. The Morgan fingerprint density at radius 2 is 1.93 bits per heavy atom. The third kappa shape index (κ3) is 7.02. The molecule has 2 aliphatic rings. The Balaban J connectivity index is 1.43. The van der Waals surface area contributed by atoms with Gasteiger partial charge in [-0.25, -0.2) is 4.39 Å². The number of halogens is 1. The van der Waals surface area contributed by atoms with Crippen molar-refractivity contribution in [2.45, 2.75) is 25.1 Å². The van der Waals surface area contributed by atoms with Crippen LogP contribution in [0.3, 0.4) is 0 Å². The van der Waals surface area contributed by atoms with Crippen LogP contribution in [-0.4, -0.2) is 61.6 Å². The Morgan fingerprint density at radius 1 is 1.10 bits per heavy atom. The minimum Gasteiger partial charge on any atom is -0.493 e. The van der Waals surface area contributed by atoms with E-state index in [0.29, 0.717) is 24.3 Å². The molecule has 0 radical (unpaired) electrons. The van der Waals surface area contributed by atoms with Gasteiger partial charge in [0.25, 0.3) is 11.8 Å². The van der Waals surface area contributed by atoms with E-state index in [4.69, 9.17) is 14.2 Å². The summed E-state index contributed by atoms with van der Waals surface area (Å²) in [6.45, 7) is 0.298. The highest BCUT2D eigenvalue weighted by Gasteiger charge is 2.34. The van der Waals surface area contributed by atoms with Crippen molar-refractivity contribution in [3.63, 3.8) is 0 Å². The van der Waals surface area contributed by atoms with Gasteiger partial charge < -0.3 is 29.7 Å². The molecule has 0 saturated carbocycles. The van der Waals surface area contributed by atoms with Crippen molar-refractivity contribution in [3.8, 4) is 17.2 Å². The highest BCUT2D eigenvalue weighted by molar-refractivity contribution is 5.95. The first-order chi connectivity index (χ1) is 19.9. The van der Waals surface area contributed by atoms with E-state index < -0.39 is 29.8 Å². The van der Waals surface area contributed by atoms with E-state index in [1.54, 1.807) is 29.2 Å². The molecule has 2 heterocycles. The Labute approximate surface area is 236 Å². The van der Waals surface area contributed by atoms with E-state index in [0.717, 1.165) is 5.56 Å². The first kappa shape index (κ1) is 27.7. The summed E-state index contributed by atoms with van der Waals surface area (Å²) < 4.78 is 31.6. The maximum Gasteiger partial charge on any atom is 0.258 e. The van der Waals surface area contributed by atoms with Gasteiger partial charge in [-0.1, -0.05) is 30.3 Å². The molecule has 3 aromatic carbocycles. The lowest BCUT2D eigenvalue weighted by atomic mass is 10.0. The molecule has 1 fully saturated rings. The molecule has 41 heavy (non-hydrogen) atoms. The van der Waals surface area contributed by atoms with Crippen molar-refractivity contribution in [1.29, 1.82) is 0 Å². The molecule has 4 bridgehead atoms. The normalized spacial score (nSPS) is 19.3. The van der Waals surface area contributed by atoms with Gasteiger partial charge in [0.05, 0.1) is 13.2 Å². The molecule has 0 unspecified atom stereocenters. The Bertz CT molecular complexity index is 1460. The second-order valence-corrected chi connectivity index (χ2v) is 9.78. The van der Waals surface area contributed by atoms with Crippen LogP contribution in [0.4, 0.5) is 4.39 Å². The lowest BCUT2D eigenvalue weighted by molar-refractivity contribution is -0.128. The van der Waals surface area contributed by atoms with Crippen molar-refractivity contribution in [2.24, 2.45) is 0 Å². The third-order valence-corrected chi connectivity index (χ3v) is 6.89. The average molecular weight is 560 g/mol. The van der Waals surface area contributed by atoms with E-state index in [1.807, 2.05) is 30.3 Å². The van der Waals surface area contributed by atoms with E-state index in [9.17, 15) is 18.8 Å². The number of nitrogens with zero attached hydrogens (tertiary/aromatic N) is 1. The summed E-state index contributed by atoms with van der Waals surface area (Å²) in [5.41, 5.74) is 1.67. The molecule has 9 nitrogen and oxygen atoms in total. The van der Waals surface area contributed by atoms with Crippen molar-refractivity contribution >= 4 is 23.8 Å². The molecule has 0 spiro atoms. The van der Waals surface area contributed by atoms with Gasteiger partial charge in [0.15, 0.2) is 18.1 Å². The van der Waals surface area contributed by atoms with Crippen molar-refractivity contribution in [2.75, 3.05) is 26.8 Å². The topological polar surface area (TPSA) is 106 Å². The SMILES string of the molecule is COc1ccc2cc1OCC(=O)NCc1cc(F)cc(c1)O[C@@H]1CCN(C(=O)/C=C/c3ccccc3)C[C@@H]1NC2=O. The van der Waals surface area contributed by atoms with E-state index in [-0.39, 0.29) is 42.7 Å². The Morgan fingerprint density at radius 3 is 2.73 bits per heavy atom. The fraction of sp³-hybridized carbons (Fsp3) is 0.258. The summed E-state index contributed by atoms with van der Waals surface area (Å²) in [4.78, 5) is 40.5. The summed E-state index contributed by atoms with van der Waals surface area (Å²) in [6, 6.07) is 17.7. The number of methoxy groups -OCH3 is 1. The molecule has 1 saturated heterocycles. The second kappa shape index (κ2) is 12.5. The number of nitrogens with one attached hydrogen (secondary N) is 2. The van der Waals surface area contributed by atoms with Crippen LogP contribution in [0, 0.1) is 5.82 Å². The number of amides is 3. The predicted molar refractivity (Wildman–Crippen MR) is 149 cm³/mol. The number of carbonyl (C=O) groups excluding carboxylic acids is 3. The molecule has 3 aromatic rings. The van der Waals surface area contributed by atoms with E-state index >= 15 is 0 Å². The van der Waals surface area contributed by atoms with Crippen LogP contribution in [0.15, 0.2) is 72.8 Å². The molecule has 2 atom stereocenters. The van der Waals surface area contributed by atoms with Gasteiger partial charge >= 0.3 is 0 Å². The number of hydrogen-bond donors (Lipinski definition) is 2. The molecule has 10 heteroatoms. The quantitative estimate of drug-likeness (QED) is 0.477. The highest BCUT2D eigenvalue weighted by Crippen LogP contribution is 2.29. The monoisotopic (exact) mass is 559 g/mol. The van der Waals surface area contributed by atoms with Gasteiger partial charge in [0.2, 0.25) is 5.91 Å². The lowest BCUT2D eigenvalue weighted by Crippen LogP contribution is -2.58. The third-order valence-electron chi connectivity index (χ3n) is 6.89. The molecule has 3 amide bonds. The van der Waals surface area contributed by atoms with Crippen molar-refractivity contribution < 1.29 is 33.0 Å². The molecule has 0 aromatic heterocycles. The standard InChI is InChI=1S/C31H30FN3O6/c1-39-27-9-8-22-15-28(27)40-19-29(36)33-17-21-13-23(32)16-24(14-21)41-26-11-12-35(18-25(26)34-31(22)38)30(37)10-7-20-5-3-2-4-6-20/h2-10,13-16,25-26H,11-12,17-19H2,1H3,(H,33,36)(H,34,38)/b10-7+/t25-,26+/m0/s1. The summed E-state index contributed by atoms with van der Waals surface area (Å²) in [5.74, 6) is -0.750. The molecular formula is C31H30FN3O6. The maximum atomic E-state index is 14.5. The summed E-state index contributed by atoms with van der Waals surface area (Å²) >= 11 is 0. The van der Waals surface area contributed by atoms with Gasteiger partial charge in [-0.15, -0.1) is 0 Å². The fourth-order valence-corrected chi connectivity index (χ4v) is 4.79. The van der Waals surface area contributed by atoms with Crippen LogP contribution >= 0.6 is 0 Å². The number of hydrogen-bond acceptors (Lipinski definition) is 6. The minimum absolute atomic E-state index is 0.0638. The second-order valence-electron chi connectivity index (χ2n) is 9.78. The Kier molecular flexibility index (Phi) is 8.47. The number of rotatable bonds is 3. The van der Waals surface area contributed by atoms with Crippen LogP contribution in [-0.2, 0) is 16.1 Å². The van der Waals surface area contributed by atoms with Crippen molar-refractivity contribution in [3.05, 3.63) is 95.3 Å². The number of piperidine rings is 1. The first-order valence-electron chi connectivity index (χ1n) is 13.2. The van der Waals surface area contributed by atoms with E-state index in [1.165, 1.54) is 31.4 Å². The van der Waals surface area contributed by atoms with Crippen LogP contribution in [0.2, 0.25) is 0 Å². The smallest absolute Gasteiger partial charge is 0.258 e. The zero-order valence-electron chi connectivity index (χ0n) is 22.5. The highest BCUT2D eigenvalue weighted by atomic mass is 19.1. The molecule has 2 aliphatic heterocycles. The largest absolute Gasteiger partial charge is 0.493 e.